The van der Waals surface area contributed by atoms with Gasteiger partial charge >= 0.3 is 5.97 Å². The van der Waals surface area contributed by atoms with Gasteiger partial charge < -0.3 is 9.47 Å². The zero-order valence-corrected chi connectivity index (χ0v) is 15.2. The first-order chi connectivity index (χ1) is 10.7. The van der Waals surface area contributed by atoms with Gasteiger partial charge in [0.25, 0.3) is 0 Å². The van der Waals surface area contributed by atoms with E-state index >= 15 is 0 Å². The van der Waals surface area contributed by atoms with Crippen LogP contribution in [0.15, 0.2) is 24.3 Å². The lowest BCUT2D eigenvalue weighted by atomic mass is 10.0. The van der Waals surface area contributed by atoms with Crippen LogP contribution < -0.4 is 0 Å². The number of ether oxygens (including phenoxy) is 2. The van der Waals surface area contributed by atoms with E-state index in [1.165, 1.54) is 25.6 Å². The Morgan fingerprint density at radius 1 is 1.22 bits per heavy atom. The monoisotopic (exact) mass is 356 g/mol. The highest BCUT2D eigenvalue weighted by molar-refractivity contribution is 7.92. The molecule has 1 aromatic heterocycles. The molecular formula is C16H20O5S2. The van der Waals surface area contributed by atoms with Crippen LogP contribution in [0.1, 0.15) is 29.1 Å². The van der Waals surface area contributed by atoms with Gasteiger partial charge in [0.15, 0.2) is 9.84 Å². The van der Waals surface area contributed by atoms with Gasteiger partial charge in [-0.15, -0.1) is 11.3 Å². The van der Waals surface area contributed by atoms with E-state index in [0.29, 0.717) is 10.4 Å². The summed E-state index contributed by atoms with van der Waals surface area (Å²) >= 11 is 1.33. The van der Waals surface area contributed by atoms with Gasteiger partial charge in [0.05, 0.1) is 24.2 Å². The van der Waals surface area contributed by atoms with Crippen LogP contribution >= 0.6 is 11.3 Å². The molecule has 0 spiro atoms. The Morgan fingerprint density at radius 2 is 1.91 bits per heavy atom. The van der Waals surface area contributed by atoms with E-state index in [1.54, 1.807) is 26.0 Å². The summed E-state index contributed by atoms with van der Waals surface area (Å²) in [6.07, 6.45) is 0. The van der Waals surface area contributed by atoms with Crippen LogP contribution in [-0.2, 0) is 24.1 Å². The van der Waals surface area contributed by atoms with Crippen LogP contribution in [0.5, 0.6) is 0 Å². The molecule has 0 amide bonds. The summed E-state index contributed by atoms with van der Waals surface area (Å²) in [6, 6.07) is 7.19. The number of carbonyl (C=O) groups is 1. The van der Waals surface area contributed by atoms with Gasteiger partial charge in [0.2, 0.25) is 0 Å². The fraction of sp³-hybridized carbons (Fsp3) is 0.438. The highest BCUT2D eigenvalue weighted by atomic mass is 32.2. The lowest BCUT2D eigenvalue weighted by molar-refractivity contribution is 0.0606. The molecule has 5 nitrogen and oxygen atoms in total. The Kier molecular flexibility index (Phi) is 5.13. The number of benzene rings is 1. The van der Waals surface area contributed by atoms with Gasteiger partial charge in [0, 0.05) is 11.8 Å². The number of thiophene rings is 1. The predicted molar refractivity (Wildman–Crippen MR) is 91.9 cm³/mol. The maximum atomic E-state index is 12.6. The first kappa shape index (κ1) is 17.9. The molecule has 0 unspecified atom stereocenters. The van der Waals surface area contributed by atoms with Crippen LogP contribution in [0.25, 0.3) is 10.1 Å². The van der Waals surface area contributed by atoms with Crippen LogP contribution in [0.3, 0.4) is 0 Å². The number of fused-ring (bicyclic) bond motifs is 1. The molecule has 0 N–H and O–H groups in total. The number of rotatable bonds is 6. The molecule has 0 atom stereocenters. The van der Waals surface area contributed by atoms with E-state index in [9.17, 15) is 13.2 Å². The standard InChI is InChI=1S/C16H20O5S2/c1-16(2,23(18,19)8-7-20-3)12-5-6-13-11(9-12)10-14(22-13)15(17)21-4/h5-6,9-10H,7-8H2,1-4H3. The SMILES string of the molecule is COCCS(=O)(=O)C(C)(C)c1ccc2sc(C(=O)OC)cc2c1. The van der Waals surface area contributed by atoms with Crippen LogP contribution in [0, 0.1) is 0 Å². The Labute approximate surface area is 140 Å². The van der Waals surface area contributed by atoms with E-state index in [0.717, 1.165) is 10.1 Å². The van der Waals surface area contributed by atoms with Gasteiger partial charge in [-0.25, -0.2) is 13.2 Å². The Balaban J connectivity index is 2.45. The summed E-state index contributed by atoms with van der Waals surface area (Å²) in [5, 5.41) is 0.836. The molecule has 7 heteroatoms. The van der Waals surface area contributed by atoms with Crippen molar-refractivity contribution in [3.05, 3.63) is 34.7 Å². The average molecular weight is 356 g/mol. The van der Waals surface area contributed by atoms with Crippen LogP contribution in [0.2, 0.25) is 0 Å². The lowest BCUT2D eigenvalue weighted by Gasteiger charge is -2.25. The molecule has 126 valence electrons. The first-order valence-corrected chi connectivity index (χ1v) is 9.53. The van der Waals surface area contributed by atoms with Crippen molar-refractivity contribution in [1.82, 2.24) is 0 Å². The molecule has 0 saturated carbocycles. The zero-order valence-electron chi connectivity index (χ0n) is 13.6. The second kappa shape index (κ2) is 6.59. The van der Waals surface area contributed by atoms with E-state index in [4.69, 9.17) is 9.47 Å². The molecule has 0 aliphatic heterocycles. The largest absolute Gasteiger partial charge is 0.465 e. The highest BCUT2D eigenvalue weighted by Gasteiger charge is 2.35. The van der Waals surface area contributed by atoms with Gasteiger partial charge in [-0.1, -0.05) is 6.07 Å². The highest BCUT2D eigenvalue weighted by Crippen LogP contribution is 2.35. The van der Waals surface area contributed by atoms with Crippen molar-refractivity contribution in [2.45, 2.75) is 18.6 Å². The summed E-state index contributed by atoms with van der Waals surface area (Å²) in [5.41, 5.74) is 0.690. The third-order valence-corrected chi connectivity index (χ3v) is 7.52. The maximum Gasteiger partial charge on any atom is 0.348 e. The number of sulfone groups is 1. The zero-order chi connectivity index (χ0) is 17.3. The lowest BCUT2D eigenvalue weighted by Crippen LogP contribution is -2.32. The van der Waals surface area contributed by atoms with Crippen molar-refractivity contribution < 1.29 is 22.7 Å². The average Bonchev–Trinajstić information content (AvgIpc) is 2.95. The molecule has 0 saturated heterocycles. The molecule has 2 aromatic rings. The molecule has 23 heavy (non-hydrogen) atoms. The van der Waals surface area contributed by atoms with Gasteiger partial charge in [-0.2, -0.15) is 0 Å². The minimum atomic E-state index is -3.37. The second-order valence-corrected chi connectivity index (χ2v) is 9.42. The topological polar surface area (TPSA) is 69.7 Å². The first-order valence-electron chi connectivity index (χ1n) is 7.06. The van der Waals surface area contributed by atoms with Crippen molar-refractivity contribution in [3.8, 4) is 0 Å². The summed E-state index contributed by atoms with van der Waals surface area (Å²) in [6.45, 7) is 3.54. The molecule has 0 aliphatic rings. The van der Waals surface area contributed by atoms with Crippen molar-refractivity contribution in [2.24, 2.45) is 0 Å². The summed E-state index contributed by atoms with van der Waals surface area (Å²) in [4.78, 5) is 12.1. The molecule has 1 aromatic carbocycles. The molecule has 0 aliphatic carbocycles. The minimum absolute atomic E-state index is 0.0361. The van der Waals surface area contributed by atoms with Gasteiger partial charge in [-0.3, -0.25) is 0 Å². The number of esters is 1. The molecular weight excluding hydrogens is 336 g/mol. The number of hydrogen-bond acceptors (Lipinski definition) is 6. The van der Waals surface area contributed by atoms with Crippen molar-refractivity contribution >= 4 is 37.2 Å². The molecule has 0 fully saturated rings. The fourth-order valence-corrected chi connectivity index (χ4v) is 4.59. The summed E-state index contributed by atoms with van der Waals surface area (Å²) < 4.78 is 34.6. The quantitative estimate of drug-likeness (QED) is 0.744. The maximum absolute atomic E-state index is 12.6. The van der Waals surface area contributed by atoms with Crippen molar-refractivity contribution in [2.75, 3.05) is 26.6 Å². The summed E-state index contributed by atoms with van der Waals surface area (Å²) in [7, 11) is -0.554. The second-order valence-electron chi connectivity index (χ2n) is 5.68. The number of methoxy groups -OCH3 is 2. The smallest absolute Gasteiger partial charge is 0.348 e. The normalized spacial score (nSPS) is 12.5. The molecule has 0 bridgehead atoms. The van der Waals surface area contributed by atoms with E-state index < -0.39 is 14.6 Å². The molecule has 2 rings (SSSR count). The van der Waals surface area contributed by atoms with E-state index in [-0.39, 0.29) is 18.3 Å². The molecule has 0 radical (unpaired) electrons. The predicted octanol–water partition coefficient (Wildman–Crippen LogP) is 2.98. The number of hydrogen-bond donors (Lipinski definition) is 0. The van der Waals surface area contributed by atoms with E-state index in [2.05, 4.69) is 0 Å². The van der Waals surface area contributed by atoms with Crippen LogP contribution in [0.4, 0.5) is 0 Å². The Morgan fingerprint density at radius 3 is 2.52 bits per heavy atom. The van der Waals surface area contributed by atoms with E-state index in [1.807, 2.05) is 12.1 Å². The van der Waals surface area contributed by atoms with Crippen LogP contribution in [-0.4, -0.2) is 41.0 Å². The van der Waals surface area contributed by atoms with Crippen molar-refractivity contribution in [1.29, 1.82) is 0 Å². The minimum Gasteiger partial charge on any atom is -0.465 e. The Hall–Kier alpha value is -1.44. The van der Waals surface area contributed by atoms with Crippen molar-refractivity contribution in [3.63, 3.8) is 0 Å². The Bertz CT molecular complexity index is 818. The van der Waals surface area contributed by atoms with Gasteiger partial charge in [-0.05, 0) is 43.0 Å². The summed E-state index contributed by atoms with van der Waals surface area (Å²) in [5.74, 6) is -0.425. The molecule has 1 heterocycles. The third-order valence-electron chi connectivity index (χ3n) is 3.93. The third kappa shape index (κ3) is 3.41. The van der Waals surface area contributed by atoms with Gasteiger partial charge in [0.1, 0.15) is 4.88 Å². The fourth-order valence-electron chi connectivity index (χ4n) is 2.25. The number of carbonyl (C=O) groups excluding carboxylic acids is 1.